The van der Waals surface area contributed by atoms with Gasteiger partial charge in [-0.3, -0.25) is 14.7 Å². The van der Waals surface area contributed by atoms with Crippen LogP contribution in [0.2, 0.25) is 0 Å². The number of methoxy groups -OCH3 is 1. The molecular formula is C30H36N4O4. The Kier molecular flexibility index (Phi) is 8.42. The normalized spacial score (nSPS) is 17.7. The van der Waals surface area contributed by atoms with Crippen LogP contribution >= 0.6 is 0 Å². The first-order valence-electron chi connectivity index (χ1n) is 12.9. The van der Waals surface area contributed by atoms with Crippen molar-refractivity contribution in [3.05, 3.63) is 82.8 Å². The summed E-state index contributed by atoms with van der Waals surface area (Å²) in [6.07, 6.45) is 1.87. The van der Waals surface area contributed by atoms with E-state index in [9.17, 15) is 9.59 Å². The third kappa shape index (κ3) is 5.55. The summed E-state index contributed by atoms with van der Waals surface area (Å²) in [5.41, 5.74) is 5.20. The second-order valence-corrected chi connectivity index (χ2v) is 10.1. The lowest BCUT2D eigenvalue weighted by Crippen LogP contribution is -2.37. The molecule has 0 bridgehead atoms. The third-order valence-corrected chi connectivity index (χ3v) is 6.97. The molecule has 200 valence electrons. The lowest BCUT2D eigenvalue weighted by atomic mass is 9.74. The summed E-state index contributed by atoms with van der Waals surface area (Å²) in [4.78, 5) is 33.5. The quantitative estimate of drug-likeness (QED) is 0.382. The van der Waals surface area contributed by atoms with Crippen LogP contribution in [0.3, 0.4) is 0 Å². The Morgan fingerprint density at radius 3 is 2.47 bits per heavy atom. The van der Waals surface area contributed by atoms with Gasteiger partial charge in [0.1, 0.15) is 12.5 Å². The van der Waals surface area contributed by atoms with Crippen molar-refractivity contribution < 1.29 is 19.1 Å². The van der Waals surface area contributed by atoms with E-state index in [2.05, 4.69) is 35.9 Å². The molecule has 8 heteroatoms. The van der Waals surface area contributed by atoms with Crippen molar-refractivity contribution in [2.24, 2.45) is 10.9 Å². The summed E-state index contributed by atoms with van der Waals surface area (Å²) in [5.74, 6) is -2.26. The minimum atomic E-state index is -0.766. The number of fused-ring (bicyclic) bond motifs is 1. The maximum atomic E-state index is 13.7. The molecule has 38 heavy (non-hydrogen) atoms. The van der Waals surface area contributed by atoms with E-state index in [0.29, 0.717) is 23.5 Å². The Bertz CT molecular complexity index is 1370. The molecule has 3 aromatic rings. The number of aromatic nitrogens is 2. The maximum absolute atomic E-state index is 13.7. The molecule has 3 heterocycles. The molecule has 0 spiro atoms. The number of ether oxygens (including phenoxy) is 2. The van der Waals surface area contributed by atoms with Crippen LogP contribution < -0.4 is 0 Å². The lowest BCUT2D eigenvalue weighted by molar-refractivity contribution is -0.144. The number of hydrogen-bond donors (Lipinski definition) is 0. The number of benzene rings is 1. The predicted molar refractivity (Wildman–Crippen MR) is 147 cm³/mol. The van der Waals surface area contributed by atoms with Crippen LogP contribution in [0.25, 0.3) is 5.52 Å². The van der Waals surface area contributed by atoms with Crippen LogP contribution in [0.1, 0.15) is 56.4 Å². The minimum Gasteiger partial charge on any atom is -0.468 e. The number of carbonyl (C=O) groups excluding carboxylic acids is 2. The van der Waals surface area contributed by atoms with Crippen molar-refractivity contribution in [2.45, 2.75) is 46.1 Å². The third-order valence-electron chi connectivity index (χ3n) is 6.97. The van der Waals surface area contributed by atoms with Crippen molar-refractivity contribution in [1.82, 2.24) is 14.5 Å². The molecule has 1 aliphatic heterocycles. The molecule has 0 saturated heterocycles. The summed E-state index contributed by atoms with van der Waals surface area (Å²) in [6, 6.07) is 15.9. The molecule has 1 aliphatic rings. The highest BCUT2D eigenvalue weighted by Gasteiger charge is 2.44. The van der Waals surface area contributed by atoms with Gasteiger partial charge in [-0.25, -0.2) is 9.31 Å². The molecule has 2 unspecified atom stereocenters. The number of allylic oxidation sites excluding steroid dienone is 1. The summed E-state index contributed by atoms with van der Waals surface area (Å²) < 4.78 is 12.8. The predicted octanol–water partition coefficient (Wildman–Crippen LogP) is 4.75. The Morgan fingerprint density at radius 2 is 1.79 bits per heavy atom. The van der Waals surface area contributed by atoms with Gasteiger partial charge in [0.25, 0.3) is 0 Å². The van der Waals surface area contributed by atoms with Crippen molar-refractivity contribution in [2.75, 3.05) is 27.3 Å². The molecule has 0 aliphatic carbocycles. The zero-order chi connectivity index (χ0) is 27.4. The number of rotatable bonds is 9. The van der Waals surface area contributed by atoms with E-state index >= 15 is 0 Å². The Balaban J connectivity index is 1.68. The van der Waals surface area contributed by atoms with Crippen molar-refractivity contribution in [3.8, 4) is 0 Å². The van der Waals surface area contributed by atoms with Gasteiger partial charge < -0.3 is 9.47 Å². The SMILES string of the molecule is COC(=O)C1C(C)=NC(C)=C(C(=O)OCCN(C)Cc2ccccc2)C1c1c(C(C)C)nn2ccccc12. The lowest BCUT2D eigenvalue weighted by Gasteiger charge is -2.31. The summed E-state index contributed by atoms with van der Waals surface area (Å²) in [6.45, 7) is 9.23. The number of carbonyl (C=O) groups is 2. The van der Waals surface area contributed by atoms with E-state index in [0.717, 1.165) is 23.3 Å². The second-order valence-electron chi connectivity index (χ2n) is 10.1. The van der Waals surface area contributed by atoms with Crippen molar-refractivity contribution in [1.29, 1.82) is 0 Å². The van der Waals surface area contributed by atoms with Gasteiger partial charge in [-0.1, -0.05) is 50.2 Å². The molecule has 1 aromatic carbocycles. The fourth-order valence-corrected chi connectivity index (χ4v) is 5.17. The Morgan fingerprint density at radius 1 is 1.08 bits per heavy atom. The van der Waals surface area contributed by atoms with Crippen molar-refractivity contribution >= 4 is 23.2 Å². The van der Waals surface area contributed by atoms with E-state index in [-0.39, 0.29) is 12.5 Å². The average molecular weight is 517 g/mol. The molecule has 8 nitrogen and oxygen atoms in total. The highest BCUT2D eigenvalue weighted by atomic mass is 16.5. The first-order chi connectivity index (χ1) is 18.2. The maximum Gasteiger partial charge on any atom is 0.336 e. The fourth-order valence-electron chi connectivity index (χ4n) is 5.17. The largest absolute Gasteiger partial charge is 0.468 e. The molecule has 0 radical (unpaired) electrons. The summed E-state index contributed by atoms with van der Waals surface area (Å²) >= 11 is 0. The van der Waals surface area contributed by atoms with Gasteiger partial charge in [0.15, 0.2) is 0 Å². The number of aliphatic imine (C=N–C) groups is 1. The number of hydrogen-bond acceptors (Lipinski definition) is 7. The van der Waals surface area contributed by atoms with Crippen LogP contribution in [0, 0.1) is 5.92 Å². The van der Waals surface area contributed by atoms with Crippen molar-refractivity contribution in [3.63, 3.8) is 0 Å². The molecule has 0 saturated carbocycles. The van der Waals surface area contributed by atoms with Crippen LogP contribution in [-0.4, -0.2) is 59.5 Å². The van der Waals surface area contributed by atoms with E-state index in [1.165, 1.54) is 12.7 Å². The fraction of sp³-hybridized carbons (Fsp3) is 0.400. The van der Waals surface area contributed by atoms with Gasteiger partial charge in [-0.15, -0.1) is 0 Å². The molecule has 0 fully saturated rings. The van der Waals surface area contributed by atoms with E-state index in [4.69, 9.17) is 14.6 Å². The van der Waals surface area contributed by atoms with Gasteiger partial charge in [0.05, 0.1) is 23.9 Å². The standard InChI is InChI=1S/C30H36N4O4/c1-19(2)28-26(23-14-10-11-15-34(23)32-28)27-24(29(35)37-6)20(3)31-21(4)25(27)30(36)38-17-16-33(5)18-22-12-8-7-9-13-22/h7-15,19,24,27H,16-18H2,1-6H3. The number of nitrogens with zero attached hydrogens (tertiary/aromatic N) is 4. The highest BCUT2D eigenvalue weighted by Crippen LogP contribution is 2.44. The first-order valence-corrected chi connectivity index (χ1v) is 12.9. The van der Waals surface area contributed by atoms with Gasteiger partial charge in [-0.05, 0) is 44.5 Å². The van der Waals surface area contributed by atoms with Gasteiger partial charge in [-0.2, -0.15) is 5.10 Å². The Hall–Kier alpha value is -3.78. The topological polar surface area (TPSA) is 85.5 Å². The van der Waals surface area contributed by atoms with E-state index in [1.54, 1.807) is 18.4 Å². The second kappa shape index (κ2) is 11.7. The molecule has 0 N–H and O–H groups in total. The smallest absolute Gasteiger partial charge is 0.336 e. The highest BCUT2D eigenvalue weighted by molar-refractivity contribution is 6.07. The molecule has 2 aromatic heterocycles. The van der Waals surface area contributed by atoms with Crippen LogP contribution in [-0.2, 0) is 25.6 Å². The zero-order valence-electron chi connectivity index (χ0n) is 23.0. The molecule has 4 rings (SSSR count). The molecule has 0 amide bonds. The van der Waals surface area contributed by atoms with E-state index < -0.39 is 23.8 Å². The number of esters is 2. The zero-order valence-corrected chi connectivity index (χ0v) is 23.0. The van der Waals surface area contributed by atoms with Gasteiger partial charge in [0.2, 0.25) is 0 Å². The summed E-state index contributed by atoms with van der Waals surface area (Å²) in [5, 5.41) is 4.82. The Labute approximate surface area is 224 Å². The first kappa shape index (κ1) is 27.3. The monoisotopic (exact) mass is 516 g/mol. The van der Waals surface area contributed by atoms with Crippen LogP contribution in [0.4, 0.5) is 0 Å². The average Bonchev–Trinajstić information content (AvgIpc) is 3.28. The molecular weight excluding hydrogens is 480 g/mol. The van der Waals surface area contributed by atoms with E-state index in [1.807, 2.05) is 49.6 Å². The minimum absolute atomic E-state index is 0.0616. The van der Waals surface area contributed by atoms with Gasteiger partial charge in [0, 0.05) is 42.2 Å². The number of pyridine rings is 1. The summed E-state index contributed by atoms with van der Waals surface area (Å²) in [7, 11) is 3.35. The van der Waals surface area contributed by atoms with Crippen LogP contribution in [0.15, 0.2) is 71.0 Å². The molecule has 2 atom stereocenters. The van der Waals surface area contributed by atoms with Gasteiger partial charge >= 0.3 is 11.9 Å². The van der Waals surface area contributed by atoms with Crippen LogP contribution in [0.5, 0.6) is 0 Å². The number of likely N-dealkylation sites (N-methyl/N-ethyl adjacent to an activating group) is 1.